The first-order valence-electron chi connectivity index (χ1n) is 4.96. The topological polar surface area (TPSA) is 6.48 Å². The van der Waals surface area contributed by atoms with E-state index in [0.29, 0.717) is 12.1 Å². The number of rotatable bonds is 2. The minimum absolute atomic E-state index is 0.620. The van der Waals surface area contributed by atoms with Crippen LogP contribution in [0.3, 0.4) is 0 Å². The van der Waals surface area contributed by atoms with Crippen LogP contribution in [-0.2, 0) is 0 Å². The van der Waals surface area contributed by atoms with Crippen LogP contribution in [0.15, 0.2) is 12.4 Å². The first-order chi connectivity index (χ1) is 6.84. The van der Waals surface area contributed by atoms with Gasteiger partial charge in [0.1, 0.15) is 0 Å². The van der Waals surface area contributed by atoms with Gasteiger partial charge < -0.3 is 9.80 Å². The molecule has 2 nitrogen and oxygen atoms in total. The van der Waals surface area contributed by atoms with Gasteiger partial charge in [-0.25, -0.2) is 0 Å². The summed E-state index contributed by atoms with van der Waals surface area (Å²) in [6.45, 7) is 9.92. The van der Waals surface area contributed by atoms with Gasteiger partial charge in [-0.1, -0.05) is 0 Å². The molecule has 6 heteroatoms. The average Bonchev–Trinajstić information content (AvgIpc) is 2.49. The SMILES string of the molecule is CC(C)N1C=CN(C(C)C)C1.FB(F)F. The third-order valence-electron chi connectivity index (χ3n) is 2.10. The van der Waals surface area contributed by atoms with E-state index >= 15 is 0 Å². The van der Waals surface area contributed by atoms with E-state index in [4.69, 9.17) is 0 Å². The number of nitrogens with zero attached hydrogens (tertiary/aromatic N) is 2. The molecule has 0 N–H and O–H groups in total. The lowest BCUT2D eigenvalue weighted by molar-refractivity contribution is 0.204. The molecular weight excluding hydrogens is 204 g/mol. The summed E-state index contributed by atoms with van der Waals surface area (Å²) in [4.78, 5) is 4.67. The second-order valence-electron chi connectivity index (χ2n) is 3.90. The Morgan fingerprint density at radius 2 is 1.20 bits per heavy atom. The Morgan fingerprint density at radius 1 is 0.933 bits per heavy atom. The molecule has 0 aromatic carbocycles. The van der Waals surface area contributed by atoms with Crippen LogP contribution in [0.5, 0.6) is 0 Å². The lowest BCUT2D eigenvalue weighted by Gasteiger charge is -2.26. The van der Waals surface area contributed by atoms with Gasteiger partial charge in [0, 0.05) is 24.5 Å². The Morgan fingerprint density at radius 3 is 1.33 bits per heavy atom. The fourth-order valence-electron chi connectivity index (χ4n) is 1.12. The summed E-state index contributed by atoms with van der Waals surface area (Å²) in [6, 6.07) is 1.24. The highest BCUT2D eigenvalue weighted by Crippen LogP contribution is 2.12. The van der Waals surface area contributed by atoms with Gasteiger partial charge in [0.05, 0.1) is 6.67 Å². The predicted molar refractivity (Wildman–Crippen MR) is 57.0 cm³/mol. The number of hydrogen-bond donors (Lipinski definition) is 0. The monoisotopic (exact) mass is 222 g/mol. The van der Waals surface area contributed by atoms with Crippen molar-refractivity contribution in [2.24, 2.45) is 0 Å². The molecule has 0 radical (unpaired) electrons. The molecule has 88 valence electrons. The Balaban J connectivity index is 0.000000423. The Kier molecular flexibility index (Phi) is 6.28. The van der Waals surface area contributed by atoms with Gasteiger partial charge in [0.2, 0.25) is 0 Å². The van der Waals surface area contributed by atoms with E-state index in [1.165, 1.54) is 0 Å². The lowest BCUT2D eigenvalue weighted by Crippen LogP contribution is -2.33. The Labute approximate surface area is 90.0 Å². The molecule has 0 unspecified atom stereocenters. The molecule has 15 heavy (non-hydrogen) atoms. The van der Waals surface area contributed by atoms with Gasteiger partial charge in [0.15, 0.2) is 0 Å². The Hall–Kier alpha value is -0.805. The first-order valence-corrected chi connectivity index (χ1v) is 4.96. The largest absolute Gasteiger partial charge is 0.762 e. The number of halogens is 3. The highest BCUT2D eigenvalue weighted by molar-refractivity contribution is 6.33. The van der Waals surface area contributed by atoms with Crippen LogP contribution in [0.1, 0.15) is 27.7 Å². The molecule has 0 aromatic rings. The molecule has 0 atom stereocenters. The average molecular weight is 222 g/mol. The molecule has 1 aliphatic rings. The molecule has 0 amide bonds. The highest BCUT2D eigenvalue weighted by atomic mass is 19.4. The van der Waals surface area contributed by atoms with Gasteiger partial charge in [0.25, 0.3) is 0 Å². The van der Waals surface area contributed by atoms with Crippen molar-refractivity contribution < 1.29 is 12.9 Å². The molecule has 0 aliphatic carbocycles. The summed E-state index contributed by atoms with van der Waals surface area (Å²) in [5.41, 5.74) is 0. The van der Waals surface area contributed by atoms with E-state index in [0.717, 1.165) is 6.67 Å². The Bertz CT molecular complexity index is 179. The van der Waals surface area contributed by atoms with Gasteiger partial charge >= 0.3 is 7.54 Å². The summed E-state index contributed by atoms with van der Waals surface area (Å²) >= 11 is 0. The normalized spacial score (nSPS) is 14.7. The minimum Gasteiger partial charge on any atom is -0.356 e. The van der Waals surface area contributed by atoms with Gasteiger partial charge in [-0.15, -0.1) is 0 Å². The van der Waals surface area contributed by atoms with Crippen molar-refractivity contribution in [2.45, 2.75) is 39.8 Å². The lowest BCUT2D eigenvalue weighted by atomic mass is 10.3. The summed E-state index contributed by atoms with van der Waals surface area (Å²) in [6.07, 6.45) is 4.34. The van der Waals surface area contributed by atoms with Crippen LogP contribution in [0.4, 0.5) is 12.9 Å². The molecule has 0 saturated heterocycles. The van der Waals surface area contributed by atoms with Crippen molar-refractivity contribution in [3.63, 3.8) is 0 Å². The van der Waals surface area contributed by atoms with E-state index < -0.39 is 7.54 Å². The van der Waals surface area contributed by atoms with Crippen LogP contribution in [0.25, 0.3) is 0 Å². The van der Waals surface area contributed by atoms with Crippen molar-refractivity contribution in [1.82, 2.24) is 9.80 Å². The van der Waals surface area contributed by atoms with Gasteiger partial charge in [-0.2, -0.15) is 0 Å². The van der Waals surface area contributed by atoms with Crippen LogP contribution in [0.2, 0.25) is 0 Å². The van der Waals surface area contributed by atoms with Gasteiger partial charge in [-0.3, -0.25) is 12.9 Å². The molecule has 1 aliphatic heterocycles. The van der Waals surface area contributed by atoms with Crippen molar-refractivity contribution in [3.8, 4) is 0 Å². The summed E-state index contributed by atoms with van der Waals surface area (Å²) in [7, 11) is -3.67. The maximum atomic E-state index is 9.67. The summed E-state index contributed by atoms with van der Waals surface area (Å²) < 4.78 is 29.0. The van der Waals surface area contributed by atoms with E-state index in [2.05, 4.69) is 49.9 Å². The van der Waals surface area contributed by atoms with Crippen molar-refractivity contribution in [3.05, 3.63) is 12.4 Å². The van der Waals surface area contributed by atoms with Crippen LogP contribution < -0.4 is 0 Å². The zero-order chi connectivity index (χ0) is 12.0. The van der Waals surface area contributed by atoms with E-state index in [9.17, 15) is 12.9 Å². The third-order valence-corrected chi connectivity index (χ3v) is 2.10. The quantitative estimate of drug-likeness (QED) is 0.662. The highest BCUT2D eigenvalue weighted by Gasteiger charge is 2.15. The molecule has 0 aromatic heterocycles. The fraction of sp³-hybridized carbons (Fsp3) is 0.778. The smallest absolute Gasteiger partial charge is 0.356 e. The van der Waals surface area contributed by atoms with Crippen molar-refractivity contribution in [2.75, 3.05) is 6.67 Å². The summed E-state index contributed by atoms with van der Waals surface area (Å²) in [5, 5.41) is 0. The molecule has 0 saturated carbocycles. The van der Waals surface area contributed by atoms with Crippen LogP contribution >= 0.6 is 0 Å². The second-order valence-corrected chi connectivity index (χ2v) is 3.90. The molecule has 0 spiro atoms. The number of hydrogen-bond acceptors (Lipinski definition) is 2. The third kappa shape index (κ3) is 6.31. The zero-order valence-corrected chi connectivity index (χ0v) is 9.62. The fourth-order valence-corrected chi connectivity index (χ4v) is 1.12. The molecule has 1 rings (SSSR count). The van der Waals surface area contributed by atoms with Crippen molar-refractivity contribution in [1.29, 1.82) is 0 Å². The predicted octanol–water partition coefficient (Wildman–Crippen LogP) is 2.73. The van der Waals surface area contributed by atoms with Gasteiger partial charge in [-0.05, 0) is 27.7 Å². The van der Waals surface area contributed by atoms with Crippen molar-refractivity contribution >= 4 is 7.54 Å². The zero-order valence-electron chi connectivity index (χ0n) is 9.62. The second kappa shape index (κ2) is 6.64. The minimum atomic E-state index is -3.67. The molecule has 1 heterocycles. The molecule has 0 fully saturated rings. The van der Waals surface area contributed by atoms with E-state index in [-0.39, 0.29) is 0 Å². The maximum Gasteiger partial charge on any atom is 0.762 e. The van der Waals surface area contributed by atoms with E-state index in [1.54, 1.807) is 0 Å². The first kappa shape index (κ1) is 14.2. The van der Waals surface area contributed by atoms with E-state index in [1.807, 2.05) is 0 Å². The maximum absolute atomic E-state index is 9.67. The molecular formula is C9H18BF3N2. The standard InChI is InChI=1S/C9H18N2.BF3/c1-8(2)10-5-6-11(7-10)9(3)4;2-1(3)4/h5-6,8-9H,7H2,1-4H3;. The van der Waals surface area contributed by atoms with Crippen LogP contribution in [0, 0.1) is 0 Å². The van der Waals surface area contributed by atoms with Crippen LogP contribution in [-0.4, -0.2) is 36.1 Å². The molecule has 0 bridgehead atoms. The summed E-state index contributed by atoms with van der Waals surface area (Å²) in [5.74, 6) is 0.